The first kappa shape index (κ1) is 13.9. The van der Waals surface area contributed by atoms with Gasteiger partial charge in [0.2, 0.25) is 0 Å². The Hall–Kier alpha value is -1.48. The van der Waals surface area contributed by atoms with Gasteiger partial charge < -0.3 is 5.32 Å². The second-order valence-electron chi connectivity index (χ2n) is 4.62. The molecule has 1 heterocycles. The van der Waals surface area contributed by atoms with Crippen molar-refractivity contribution in [3.05, 3.63) is 47.8 Å². The van der Waals surface area contributed by atoms with Crippen molar-refractivity contribution in [2.24, 2.45) is 7.05 Å². The summed E-state index contributed by atoms with van der Waals surface area (Å²) in [6.07, 6.45) is 4.88. The molecule has 0 aliphatic carbocycles. The van der Waals surface area contributed by atoms with Crippen LogP contribution in [0.3, 0.4) is 0 Å². The molecule has 2 aromatic rings. The Morgan fingerprint density at radius 1 is 1.26 bits per heavy atom. The van der Waals surface area contributed by atoms with Gasteiger partial charge in [0.05, 0.1) is 0 Å². The summed E-state index contributed by atoms with van der Waals surface area (Å²) in [6, 6.07) is 10.6. The molecule has 0 amide bonds. The lowest BCUT2D eigenvalue weighted by Gasteiger charge is -2.08. The van der Waals surface area contributed by atoms with Crippen molar-refractivity contribution in [1.29, 1.82) is 0 Å². The van der Waals surface area contributed by atoms with Crippen molar-refractivity contribution in [2.45, 2.75) is 19.3 Å². The van der Waals surface area contributed by atoms with E-state index in [-0.39, 0.29) is 0 Å². The highest BCUT2D eigenvalue weighted by molar-refractivity contribution is 6.17. The third-order valence-corrected chi connectivity index (χ3v) is 3.43. The number of nitrogens with one attached hydrogen (secondary N) is 1. The number of aromatic nitrogens is 2. The molecule has 0 unspecified atom stereocenters. The van der Waals surface area contributed by atoms with Crippen LogP contribution in [0.2, 0.25) is 0 Å². The van der Waals surface area contributed by atoms with Gasteiger partial charge in [0, 0.05) is 43.5 Å². The highest BCUT2D eigenvalue weighted by Crippen LogP contribution is 2.12. The van der Waals surface area contributed by atoms with Crippen LogP contribution < -0.4 is 5.32 Å². The standard InChI is InChI=1S/C15H20ClN3/c1-19-15(8-11-18-19)7-10-17-14-6-2-4-13(12-14)5-3-9-16/h2,4,6,8,11-12,17H,3,5,7,9-10H2,1H3. The second kappa shape index (κ2) is 7.19. The number of benzene rings is 1. The highest BCUT2D eigenvalue weighted by Gasteiger charge is 1.99. The van der Waals surface area contributed by atoms with Gasteiger partial charge in [-0.15, -0.1) is 11.6 Å². The normalized spacial score (nSPS) is 10.6. The summed E-state index contributed by atoms with van der Waals surface area (Å²) in [5.41, 5.74) is 3.76. The Balaban J connectivity index is 1.84. The lowest BCUT2D eigenvalue weighted by molar-refractivity contribution is 0.711. The van der Waals surface area contributed by atoms with Crippen LogP contribution in [0.5, 0.6) is 0 Å². The fourth-order valence-corrected chi connectivity index (χ4v) is 2.22. The predicted octanol–water partition coefficient (Wildman–Crippen LogP) is 3.25. The van der Waals surface area contributed by atoms with E-state index in [2.05, 4.69) is 40.7 Å². The lowest BCUT2D eigenvalue weighted by Crippen LogP contribution is -2.08. The molecule has 1 N–H and O–H groups in total. The largest absolute Gasteiger partial charge is 0.385 e. The zero-order valence-corrected chi connectivity index (χ0v) is 12.0. The minimum Gasteiger partial charge on any atom is -0.385 e. The summed E-state index contributed by atoms with van der Waals surface area (Å²) in [5.74, 6) is 0.720. The van der Waals surface area contributed by atoms with E-state index in [0.29, 0.717) is 0 Å². The third-order valence-electron chi connectivity index (χ3n) is 3.16. The van der Waals surface area contributed by atoms with Crippen molar-refractivity contribution in [1.82, 2.24) is 9.78 Å². The lowest BCUT2D eigenvalue weighted by atomic mass is 10.1. The van der Waals surface area contributed by atoms with E-state index >= 15 is 0 Å². The van der Waals surface area contributed by atoms with Gasteiger partial charge in [-0.3, -0.25) is 4.68 Å². The van der Waals surface area contributed by atoms with Gasteiger partial charge in [-0.2, -0.15) is 5.10 Å². The van der Waals surface area contributed by atoms with Crippen LogP contribution in [-0.4, -0.2) is 22.2 Å². The van der Waals surface area contributed by atoms with E-state index in [0.717, 1.165) is 31.7 Å². The van der Waals surface area contributed by atoms with E-state index < -0.39 is 0 Å². The summed E-state index contributed by atoms with van der Waals surface area (Å²) in [6.45, 7) is 0.915. The van der Waals surface area contributed by atoms with Gasteiger partial charge in [-0.05, 0) is 36.6 Å². The number of nitrogens with zero attached hydrogens (tertiary/aromatic N) is 2. The predicted molar refractivity (Wildman–Crippen MR) is 80.9 cm³/mol. The maximum atomic E-state index is 5.72. The van der Waals surface area contributed by atoms with Gasteiger partial charge in [-0.25, -0.2) is 0 Å². The molecule has 2 rings (SSSR count). The SMILES string of the molecule is Cn1nccc1CCNc1cccc(CCCCl)c1. The molecule has 0 aliphatic rings. The molecule has 102 valence electrons. The molecule has 0 bridgehead atoms. The van der Waals surface area contributed by atoms with Crippen LogP contribution in [0.1, 0.15) is 17.7 Å². The fourth-order valence-electron chi connectivity index (χ4n) is 2.09. The Morgan fingerprint density at radius 2 is 2.16 bits per heavy atom. The molecule has 0 radical (unpaired) electrons. The summed E-state index contributed by atoms with van der Waals surface area (Å²) in [4.78, 5) is 0. The van der Waals surface area contributed by atoms with Gasteiger partial charge in [0.15, 0.2) is 0 Å². The quantitative estimate of drug-likeness (QED) is 0.788. The average Bonchev–Trinajstić information content (AvgIpc) is 2.83. The molecule has 1 aromatic heterocycles. The van der Waals surface area contributed by atoms with Crippen LogP contribution in [-0.2, 0) is 19.9 Å². The number of hydrogen-bond donors (Lipinski definition) is 1. The Kier molecular flexibility index (Phi) is 5.28. The molecule has 0 atom stereocenters. The van der Waals surface area contributed by atoms with Crippen molar-refractivity contribution in [2.75, 3.05) is 17.7 Å². The molecule has 0 saturated heterocycles. The van der Waals surface area contributed by atoms with E-state index in [9.17, 15) is 0 Å². The monoisotopic (exact) mass is 277 g/mol. The molecule has 19 heavy (non-hydrogen) atoms. The molecule has 1 aromatic carbocycles. The Labute approximate surface area is 119 Å². The number of rotatable bonds is 7. The first-order valence-electron chi connectivity index (χ1n) is 6.65. The first-order chi connectivity index (χ1) is 9.29. The molecule has 0 saturated carbocycles. The topological polar surface area (TPSA) is 29.9 Å². The van der Waals surface area contributed by atoms with Crippen LogP contribution in [0, 0.1) is 0 Å². The van der Waals surface area contributed by atoms with Crippen LogP contribution in [0.25, 0.3) is 0 Å². The van der Waals surface area contributed by atoms with Gasteiger partial charge in [0.1, 0.15) is 0 Å². The van der Waals surface area contributed by atoms with Crippen molar-refractivity contribution in [3.8, 4) is 0 Å². The Morgan fingerprint density at radius 3 is 2.89 bits per heavy atom. The average molecular weight is 278 g/mol. The molecule has 0 aliphatic heterocycles. The zero-order valence-electron chi connectivity index (χ0n) is 11.3. The highest BCUT2D eigenvalue weighted by atomic mass is 35.5. The molecule has 0 spiro atoms. The number of alkyl halides is 1. The van der Waals surface area contributed by atoms with Crippen LogP contribution >= 0.6 is 11.6 Å². The van der Waals surface area contributed by atoms with Crippen molar-refractivity contribution >= 4 is 17.3 Å². The third kappa shape index (κ3) is 4.28. The van der Waals surface area contributed by atoms with E-state index in [1.807, 2.05) is 17.9 Å². The molecule has 0 fully saturated rings. The number of aryl methyl sites for hydroxylation is 2. The number of anilines is 1. The van der Waals surface area contributed by atoms with Gasteiger partial charge >= 0.3 is 0 Å². The molecule has 4 heteroatoms. The fraction of sp³-hybridized carbons (Fsp3) is 0.400. The van der Waals surface area contributed by atoms with Crippen LogP contribution in [0.4, 0.5) is 5.69 Å². The molecular formula is C15H20ClN3. The minimum absolute atomic E-state index is 0.720. The smallest absolute Gasteiger partial charge is 0.0492 e. The summed E-state index contributed by atoms with van der Waals surface area (Å²) in [5, 5.41) is 7.62. The maximum absolute atomic E-state index is 5.72. The molecule has 3 nitrogen and oxygen atoms in total. The summed E-state index contributed by atoms with van der Waals surface area (Å²) in [7, 11) is 1.97. The second-order valence-corrected chi connectivity index (χ2v) is 4.99. The summed E-state index contributed by atoms with van der Waals surface area (Å²) >= 11 is 5.72. The van der Waals surface area contributed by atoms with E-state index in [4.69, 9.17) is 11.6 Å². The zero-order chi connectivity index (χ0) is 13.5. The number of hydrogen-bond acceptors (Lipinski definition) is 2. The first-order valence-corrected chi connectivity index (χ1v) is 7.18. The van der Waals surface area contributed by atoms with E-state index in [1.54, 1.807) is 0 Å². The number of halogens is 1. The molecular weight excluding hydrogens is 258 g/mol. The van der Waals surface area contributed by atoms with Gasteiger partial charge in [0.25, 0.3) is 0 Å². The summed E-state index contributed by atoms with van der Waals surface area (Å²) < 4.78 is 1.92. The minimum atomic E-state index is 0.720. The van der Waals surface area contributed by atoms with Crippen molar-refractivity contribution < 1.29 is 0 Å². The van der Waals surface area contributed by atoms with Gasteiger partial charge in [-0.1, -0.05) is 12.1 Å². The Bertz CT molecular complexity index is 508. The maximum Gasteiger partial charge on any atom is 0.0492 e. The van der Waals surface area contributed by atoms with Crippen molar-refractivity contribution in [3.63, 3.8) is 0 Å². The van der Waals surface area contributed by atoms with Crippen LogP contribution in [0.15, 0.2) is 36.5 Å². The van der Waals surface area contributed by atoms with E-state index in [1.165, 1.54) is 16.9 Å².